The fraction of sp³-hybridized carbons (Fsp3) is 0.647. The van der Waals surface area contributed by atoms with Crippen molar-refractivity contribution in [2.75, 3.05) is 18.5 Å². The second kappa shape index (κ2) is 5.16. The molecule has 0 spiro atoms. The van der Waals surface area contributed by atoms with Crippen molar-refractivity contribution < 1.29 is 0 Å². The van der Waals surface area contributed by atoms with Crippen molar-refractivity contribution in [2.24, 2.45) is 0 Å². The van der Waals surface area contributed by atoms with Crippen LogP contribution in [0.15, 0.2) is 18.2 Å². The van der Waals surface area contributed by atoms with Gasteiger partial charge in [0.1, 0.15) is 0 Å². The highest BCUT2D eigenvalue weighted by Gasteiger charge is 2.27. The van der Waals surface area contributed by atoms with Gasteiger partial charge in [0.05, 0.1) is 0 Å². The van der Waals surface area contributed by atoms with Crippen LogP contribution in [0.4, 0.5) is 5.69 Å². The normalized spacial score (nSPS) is 21.5. The Kier molecular flexibility index (Phi) is 3.53. The van der Waals surface area contributed by atoms with Crippen molar-refractivity contribution in [3.8, 4) is 0 Å². The molecule has 1 fully saturated rings. The molecule has 1 aliphatic heterocycles. The van der Waals surface area contributed by atoms with Gasteiger partial charge in [0.15, 0.2) is 0 Å². The lowest BCUT2D eigenvalue weighted by Gasteiger charge is -2.29. The van der Waals surface area contributed by atoms with Gasteiger partial charge in [0, 0.05) is 31.4 Å². The van der Waals surface area contributed by atoms with E-state index in [0.717, 1.165) is 6.54 Å². The summed E-state index contributed by atoms with van der Waals surface area (Å²) in [7, 11) is 2.20. The van der Waals surface area contributed by atoms with E-state index in [9.17, 15) is 0 Å². The summed E-state index contributed by atoms with van der Waals surface area (Å²) in [5.74, 6) is 0. The Bertz CT molecular complexity index is 447. The topological polar surface area (TPSA) is 15.3 Å². The van der Waals surface area contributed by atoms with Crippen LogP contribution in [0.5, 0.6) is 0 Å². The lowest BCUT2D eigenvalue weighted by molar-refractivity contribution is 0.362. The molecule has 2 nitrogen and oxygen atoms in total. The lowest BCUT2D eigenvalue weighted by atomic mass is 9.97. The maximum absolute atomic E-state index is 3.78. The average molecular weight is 258 g/mol. The summed E-state index contributed by atoms with van der Waals surface area (Å²) in [6.07, 6.45) is 7.97. The van der Waals surface area contributed by atoms with Crippen molar-refractivity contribution in [3.63, 3.8) is 0 Å². The fourth-order valence-corrected chi connectivity index (χ4v) is 3.60. The lowest BCUT2D eigenvalue weighted by Crippen LogP contribution is -2.38. The summed E-state index contributed by atoms with van der Waals surface area (Å²) in [6, 6.07) is 7.02. The molecule has 0 bridgehead atoms. The summed E-state index contributed by atoms with van der Waals surface area (Å²) in [5, 5.41) is 3.78. The van der Waals surface area contributed by atoms with Crippen LogP contribution in [0.2, 0.25) is 0 Å². The van der Waals surface area contributed by atoms with E-state index >= 15 is 0 Å². The Morgan fingerprint density at radius 3 is 2.79 bits per heavy atom. The van der Waals surface area contributed by atoms with E-state index in [2.05, 4.69) is 42.4 Å². The van der Waals surface area contributed by atoms with E-state index in [1.165, 1.54) is 61.9 Å². The number of benzene rings is 1. The van der Waals surface area contributed by atoms with Crippen molar-refractivity contribution in [1.29, 1.82) is 0 Å². The molecule has 104 valence electrons. The SMILES string of the molecule is CN1CCCc2cc(CNC3(C)CCCC3)ccc21. The molecule has 0 aromatic heterocycles. The zero-order valence-electron chi connectivity index (χ0n) is 12.3. The molecule has 2 heteroatoms. The number of anilines is 1. The minimum absolute atomic E-state index is 0.382. The van der Waals surface area contributed by atoms with Crippen LogP contribution in [0.25, 0.3) is 0 Å². The standard InChI is InChI=1S/C17H26N2/c1-17(9-3-4-10-17)18-13-14-7-8-16-15(12-14)6-5-11-19(16)2/h7-8,12,18H,3-6,9-11,13H2,1-2H3. The van der Waals surface area contributed by atoms with Gasteiger partial charge < -0.3 is 10.2 Å². The van der Waals surface area contributed by atoms with Gasteiger partial charge in [-0.1, -0.05) is 25.0 Å². The molecule has 1 aromatic rings. The van der Waals surface area contributed by atoms with Crippen LogP contribution >= 0.6 is 0 Å². The first-order chi connectivity index (χ1) is 9.16. The molecular formula is C17H26N2. The predicted octanol–water partition coefficient (Wildman–Crippen LogP) is 3.49. The Morgan fingerprint density at radius 1 is 1.21 bits per heavy atom. The molecule has 0 amide bonds. The third-order valence-corrected chi connectivity index (χ3v) is 4.92. The molecular weight excluding hydrogens is 232 g/mol. The number of hydrogen-bond acceptors (Lipinski definition) is 2. The van der Waals surface area contributed by atoms with Crippen LogP contribution in [-0.2, 0) is 13.0 Å². The van der Waals surface area contributed by atoms with Crippen molar-refractivity contribution >= 4 is 5.69 Å². The van der Waals surface area contributed by atoms with Gasteiger partial charge in [-0.3, -0.25) is 0 Å². The molecule has 0 radical (unpaired) electrons. The maximum Gasteiger partial charge on any atom is 0.0396 e. The third kappa shape index (κ3) is 2.79. The van der Waals surface area contributed by atoms with Crippen LogP contribution in [0.3, 0.4) is 0 Å². The minimum Gasteiger partial charge on any atom is -0.374 e. The van der Waals surface area contributed by atoms with Gasteiger partial charge in [0.2, 0.25) is 0 Å². The van der Waals surface area contributed by atoms with Gasteiger partial charge in [-0.2, -0.15) is 0 Å². The van der Waals surface area contributed by atoms with Gasteiger partial charge in [-0.05, 0) is 49.8 Å². The average Bonchev–Trinajstić information content (AvgIpc) is 2.84. The van der Waals surface area contributed by atoms with Crippen LogP contribution in [0.1, 0.15) is 50.2 Å². The highest BCUT2D eigenvalue weighted by Crippen LogP contribution is 2.30. The molecule has 19 heavy (non-hydrogen) atoms. The molecule has 3 rings (SSSR count). The maximum atomic E-state index is 3.78. The van der Waals surface area contributed by atoms with E-state index in [0.29, 0.717) is 5.54 Å². The van der Waals surface area contributed by atoms with Crippen LogP contribution in [-0.4, -0.2) is 19.1 Å². The highest BCUT2D eigenvalue weighted by molar-refractivity contribution is 5.56. The molecule has 2 aliphatic rings. The summed E-state index contributed by atoms with van der Waals surface area (Å²) < 4.78 is 0. The molecule has 0 atom stereocenters. The fourth-order valence-electron chi connectivity index (χ4n) is 3.60. The Hall–Kier alpha value is -1.02. The van der Waals surface area contributed by atoms with E-state index in [4.69, 9.17) is 0 Å². The molecule has 0 saturated heterocycles. The van der Waals surface area contributed by atoms with E-state index in [1.54, 1.807) is 0 Å². The molecule has 1 aromatic carbocycles. The number of nitrogens with one attached hydrogen (secondary N) is 1. The van der Waals surface area contributed by atoms with Gasteiger partial charge in [0.25, 0.3) is 0 Å². The number of hydrogen-bond donors (Lipinski definition) is 1. The van der Waals surface area contributed by atoms with Gasteiger partial charge in [-0.25, -0.2) is 0 Å². The summed E-state index contributed by atoms with van der Waals surface area (Å²) in [5.41, 5.74) is 4.79. The first-order valence-corrected chi connectivity index (χ1v) is 7.74. The third-order valence-electron chi connectivity index (χ3n) is 4.92. The zero-order chi connectivity index (χ0) is 13.3. The second-order valence-corrected chi connectivity index (χ2v) is 6.61. The quantitative estimate of drug-likeness (QED) is 0.893. The van der Waals surface area contributed by atoms with Crippen LogP contribution in [0, 0.1) is 0 Å². The summed E-state index contributed by atoms with van der Waals surface area (Å²) >= 11 is 0. The molecule has 1 N–H and O–H groups in total. The Balaban J connectivity index is 1.68. The molecule has 1 heterocycles. The summed E-state index contributed by atoms with van der Waals surface area (Å²) in [4.78, 5) is 2.38. The van der Waals surface area contributed by atoms with Gasteiger partial charge in [-0.15, -0.1) is 0 Å². The number of nitrogens with zero attached hydrogens (tertiary/aromatic N) is 1. The van der Waals surface area contributed by atoms with Crippen molar-refractivity contribution in [1.82, 2.24) is 5.32 Å². The number of aryl methyl sites for hydroxylation is 1. The van der Waals surface area contributed by atoms with E-state index in [-0.39, 0.29) is 0 Å². The smallest absolute Gasteiger partial charge is 0.0396 e. The summed E-state index contributed by atoms with van der Waals surface area (Å²) in [6.45, 7) is 4.60. The van der Waals surface area contributed by atoms with Crippen molar-refractivity contribution in [2.45, 2.75) is 57.5 Å². The second-order valence-electron chi connectivity index (χ2n) is 6.61. The predicted molar refractivity (Wildman–Crippen MR) is 81.7 cm³/mol. The monoisotopic (exact) mass is 258 g/mol. The zero-order valence-corrected chi connectivity index (χ0v) is 12.3. The molecule has 1 aliphatic carbocycles. The molecule has 1 saturated carbocycles. The Labute approximate surface area is 117 Å². The van der Waals surface area contributed by atoms with Crippen LogP contribution < -0.4 is 10.2 Å². The van der Waals surface area contributed by atoms with E-state index < -0.39 is 0 Å². The minimum atomic E-state index is 0.382. The number of rotatable bonds is 3. The highest BCUT2D eigenvalue weighted by atomic mass is 15.1. The first-order valence-electron chi connectivity index (χ1n) is 7.74. The van der Waals surface area contributed by atoms with Gasteiger partial charge >= 0.3 is 0 Å². The van der Waals surface area contributed by atoms with E-state index in [1.807, 2.05) is 0 Å². The van der Waals surface area contributed by atoms with Crippen molar-refractivity contribution in [3.05, 3.63) is 29.3 Å². The molecule has 0 unspecified atom stereocenters. The Morgan fingerprint density at radius 2 is 2.00 bits per heavy atom. The first kappa shape index (κ1) is 13.0. The largest absolute Gasteiger partial charge is 0.374 e. The number of fused-ring (bicyclic) bond motifs is 1.